The minimum atomic E-state index is -0.244. The molecule has 0 saturated heterocycles. The predicted molar refractivity (Wildman–Crippen MR) is 75.8 cm³/mol. The second-order valence-electron chi connectivity index (χ2n) is 5.14. The highest BCUT2D eigenvalue weighted by Crippen LogP contribution is 2.37. The van der Waals surface area contributed by atoms with Gasteiger partial charge in [-0.25, -0.2) is 4.39 Å². The van der Waals surface area contributed by atoms with E-state index in [1.807, 2.05) is 18.0 Å². The van der Waals surface area contributed by atoms with Crippen molar-refractivity contribution in [3.8, 4) is 17.2 Å². The van der Waals surface area contributed by atoms with Crippen molar-refractivity contribution >= 4 is 0 Å². The maximum absolute atomic E-state index is 13.2. The zero-order chi connectivity index (χ0) is 14.8. The molecule has 3 rings (SSSR count). The first kappa shape index (κ1) is 13.7. The number of hydrogen-bond donors (Lipinski definition) is 1. The van der Waals surface area contributed by atoms with Crippen LogP contribution in [0, 0.1) is 5.82 Å². The first-order valence-corrected chi connectivity index (χ1v) is 6.66. The Kier molecular flexibility index (Phi) is 3.66. The van der Waals surface area contributed by atoms with Gasteiger partial charge in [-0.15, -0.1) is 0 Å². The predicted octanol–water partition coefficient (Wildman–Crippen LogP) is 2.89. The van der Waals surface area contributed by atoms with Gasteiger partial charge in [0.1, 0.15) is 11.6 Å². The second-order valence-corrected chi connectivity index (χ2v) is 5.14. The molecule has 0 amide bonds. The lowest BCUT2D eigenvalue weighted by molar-refractivity contribution is 0.174. The summed E-state index contributed by atoms with van der Waals surface area (Å²) in [7, 11) is 1.91. The maximum atomic E-state index is 13.2. The molecular weight excluding hydrogens is 273 g/mol. The zero-order valence-corrected chi connectivity index (χ0v) is 11.7. The molecule has 0 saturated carbocycles. The zero-order valence-electron chi connectivity index (χ0n) is 11.7. The molecule has 0 aliphatic carbocycles. The standard InChI is InChI=1S/C16H16FNO3/c1-18(8-11-3-2-4-13(17)5-11)9-12-6-15-16(7-14(12)19)21-10-20-15/h2-7,19H,8-10H2,1H3. The number of aromatic hydroxyl groups is 1. The van der Waals surface area contributed by atoms with Gasteiger partial charge in [-0.3, -0.25) is 4.90 Å². The van der Waals surface area contributed by atoms with Gasteiger partial charge in [-0.2, -0.15) is 0 Å². The number of hydrogen-bond acceptors (Lipinski definition) is 4. The number of ether oxygens (including phenoxy) is 2. The van der Waals surface area contributed by atoms with Crippen molar-refractivity contribution in [3.63, 3.8) is 0 Å². The molecule has 0 bridgehead atoms. The van der Waals surface area contributed by atoms with Crippen molar-refractivity contribution in [1.29, 1.82) is 0 Å². The molecule has 0 aromatic heterocycles. The number of phenols is 1. The third-order valence-electron chi connectivity index (χ3n) is 3.36. The third kappa shape index (κ3) is 3.08. The van der Waals surface area contributed by atoms with Crippen LogP contribution >= 0.6 is 0 Å². The van der Waals surface area contributed by atoms with Gasteiger partial charge in [0.05, 0.1) is 0 Å². The maximum Gasteiger partial charge on any atom is 0.231 e. The Bertz CT molecular complexity index is 660. The summed E-state index contributed by atoms with van der Waals surface area (Å²) in [6.07, 6.45) is 0. The molecule has 1 N–H and O–H groups in total. The first-order chi connectivity index (χ1) is 10.1. The minimum Gasteiger partial charge on any atom is -0.507 e. The molecule has 1 aliphatic heterocycles. The molecule has 4 nitrogen and oxygen atoms in total. The Morgan fingerprint density at radius 2 is 1.90 bits per heavy atom. The average molecular weight is 289 g/mol. The normalized spacial score (nSPS) is 12.9. The number of fused-ring (bicyclic) bond motifs is 1. The van der Waals surface area contributed by atoms with Crippen molar-refractivity contribution in [2.75, 3.05) is 13.8 Å². The van der Waals surface area contributed by atoms with Crippen LogP contribution < -0.4 is 9.47 Å². The summed E-state index contributed by atoms with van der Waals surface area (Å²) in [6, 6.07) is 9.84. The number of benzene rings is 2. The smallest absolute Gasteiger partial charge is 0.231 e. The summed E-state index contributed by atoms with van der Waals surface area (Å²) in [5, 5.41) is 10.0. The quantitative estimate of drug-likeness (QED) is 0.939. The van der Waals surface area contributed by atoms with Gasteiger partial charge in [0, 0.05) is 24.7 Å². The van der Waals surface area contributed by atoms with E-state index < -0.39 is 0 Å². The molecular formula is C16H16FNO3. The van der Waals surface area contributed by atoms with Crippen molar-refractivity contribution in [1.82, 2.24) is 4.90 Å². The van der Waals surface area contributed by atoms with Gasteiger partial charge < -0.3 is 14.6 Å². The number of rotatable bonds is 4. The Morgan fingerprint density at radius 1 is 1.14 bits per heavy atom. The molecule has 2 aromatic carbocycles. The van der Waals surface area contributed by atoms with E-state index in [9.17, 15) is 9.50 Å². The summed E-state index contributed by atoms with van der Waals surface area (Å²) in [4.78, 5) is 1.99. The van der Waals surface area contributed by atoms with E-state index in [4.69, 9.17) is 9.47 Å². The van der Waals surface area contributed by atoms with E-state index in [0.29, 0.717) is 24.6 Å². The van der Waals surface area contributed by atoms with E-state index in [1.54, 1.807) is 18.2 Å². The van der Waals surface area contributed by atoms with Crippen molar-refractivity contribution in [3.05, 3.63) is 53.3 Å². The van der Waals surface area contributed by atoms with E-state index in [-0.39, 0.29) is 18.4 Å². The van der Waals surface area contributed by atoms with Crippen molar-refractivity contribution in [2.45, 2.75) is 13.1 Å². The molecule has 1 aliphatic rings. The Morgan fingerprint density at radius 3 is 2.67 bits per heavy atom. The molecule has 0 fully saturated rings. The molecule has 0 atom stereocenters. The van der Waals surface area contributed by atoms with Crippen molar-refractivity contribution in [2.24, 2.45) is 0 Å². The molecule has 110 valence electrons. The van der Waals surface area contributed by atoms with Gasteiger partial charge >= 0.3 is 0 Å². The van der Waals surface area contributed by atoms with Gasteiger partial charge in [0.25, 0.3) is 0 Å². The van der Waals surface area contributed by atoms with Gasteiger partial charge in [0.2, 0.25) is 6.79 Å². The van der Waals surface area contributed by atoms with Crippen LogP contribution in [0.5, 0.6) is 17.2 Å². The molecule has 0 unspecified atom stereocenters. The summed E-state index contributed by atoms with van der Waals surface area (Å²) in [5.74, 6) is 1.13. The summed E-state index contributed by atoms with van der Waals surface area (Å²) in [6.45, 7) is 1.29. The highest BCUT2D eigenvalue weighted by atomic mass is 19.1. The van der Waals surface area contributed by atoms with Crippen LogP contribution in [0.15, 0.2) is 36.4 Å². The van der Waals surface area contributed by atoms with Gasteiger partial charge in [0.15, 0.2) is 11.5 Å². The molecule has 2 aromatic rings. The Balaban J connectivity index is 1.71. The van der Waals surface area contributed by atoms with Crippen LogP contribution in [-0.2, 0) is 13.1 Å². The third-order valence-corrected chi connectivity index (χ3v) is 3.36. The first-order valence-electron chi connectivity index (χ1n) is 6.66. The van der Waals surface area contributed by atoms with Crippen molar-refractivity contribution < 1.29 is 19.0 Å². The van der Waals surface area contributed by atoms with E-state index in [1.165, 1.54) is 12.1 Å². The fourth-order valence-electron chi connectivity index (χ4n) is 2.39. The van der Waals surface area contributed by atoms with E-state index >= 15 is 0 Å². The van der Waals surface area contributed by atoms with Crippen LogP contribution in [0.1, 0.15) is 11.1 Å². The SMILES string of the molecule is CN(Cc1cccc(F)c1)Cc1cc2c(cc1O)OCO2. The topological polar surface area (TPSA) is 41.9 Å². The highest BCUT2D eigenvalue weighted by Gasteiger charge is 2.17. The lowest BCUT2D eigenvalue weighted by Crippen LogP contribution is -2.17. The minimum absolute atomic E-state index is 0.172. The summed E-state index contributed by atoms with van der Waals surface area (Å²) < 4.78 is 23.7. The van der Waals surface area contributed by atoms with Crippen LogP contribution in [0.25, 0.3) is 0 Å². The number of phenolic OH excluding ortho intramolecular Hbond substituents is 1. The number of halogens is 1. The Hall–Kier alpha value is -2.27. The molecule has 0 radical (unpaired) electrons. The lowest BCUT2D eigenvalue weighted by atomic mass is 10.1. The summed E-state index contributed by atoms with van der Waals surface area (Å²) >= 11 is 0. The molecule has 5 heteroatoms. The Labute approximate surface area is 122 Å². The second kappa shape index (κ2) is 5.61. The fraction of sp³-hybridized carbons (Fsp3) is 0.250. The van der Waals surface area contributed by atoms with E-state index in [2.05, 4.69) is 0 Å². The molecule has 0 spiro atoms. The summed E-state index contributed by atoms with van der Waals surface area (Å²) in [5.41, 5.74) is 1.64. The number of nitrogens with zero attached hydrogens (tertiary/aromatic N) is 1. The fourth-order valence-corrected chi connectivity index (χ4v) is 2.39. The lowest BCUT2D eigenvalue weighted by Gasteiger charge is -2.18. The van der Waals surface area contributed by atoms with Crippen LogP contribution in [-0.4, -0.2) is 23.8 Å². The van der Waals surface area contributed by atoms with Gasteiger partial charge in [-0.05, 0) is 30.8 Å². The van der Waals surface area contributed by atoms with E-state index in [0.717, 1.165) is 11.1 Å². The molecule has 1 heterocycles. The molecule has 21 heavy (non-hydrogen) atoms. The van der Waals surface area contributed by atoms with Crippen LogP contribution in [0.4, 0.5) is 4.39 Å². The average Bonchev–Trinajstić information content (AvgIpc) is 2.86. The van der Waals surface area contributed by atoms with Crippen LogP contribution in [0.3, 0.4) is 0 Å². The van der Waals surface area contributed by atoms with Gasteiger partial charge in [-0.1, -0.05) is 12.1 Å². The largest absolute Gasteiger partial charge is 0.507 e. The van der Waals surface area contributed by atoms with Crippen LogP contribution in [0.2, 0.25) is 0 Å². The monoisotopic (exact) mass is 289 g/mol. The highest BCUT2D eigenvalue weighted by molar-refractivity contribution is 5.51.